The first-order chi connectivity index (χ1) is 6.00. The van der Waals surface area contributed by atoms with Crippen LogP contribution in [-0.2, 0) is 0 Å². The van der Waals surface area contributed by atoms with Crippen molar-refractivity contribution in [3.63, 3.8) is 0 Å². The quantitative estimate of drug-likeness (QED) is 0.698. The first-order valence-electron chi connectivity index (χ1n) is 4.06. The lowest BCUT2D eigenvalue weighted by molar-refractivity contribution is 0.386. The predicted molar refractivity (Wildman–Crippen MR) is 50.5 cm³/mol. The van der Waals surface area contributed by atoms with Crippen LogP contribution >= 0.6 is 0 Å². The smallest absolute Gasteiger partial charge is 0.132 e. The number of hydrogen-bond acceptors (Lipinski definition) is 3. The zero-order valence-corrected chi connectivity index (χ0v) is 8.30. The molecule has 0 aliphatic carbocycles. The summed E-state index contributed by atoms with van der Waals surface area (Å²) in [5.41, 5.74) is 1.82. The molecule has 3 nitrogen and oxygen atoms in total. The van der Waals surface area contributed by atoms with Gasteiger partial charge in [-0.3, -0.25) is 0 Å². The van der Waals surface area contributed by atoms with Crippen LogP contribution in [0.25, 0.3) is 0 Å². The summed E-state index contributed by atoms with van der Waals surface area (Å²) in [5.74, 6) is 0.737. The third-order valence-electron chi connectivity index (χ3n) is 2.31. The zero-order valence-electron chi connectivity index (χ0n) is 8.30. The van der Waals surface area contributed by atoms with E-state index in [1.807, 2.05) is 0 Å². The first-order valence-corrected chi connectivity index (χ1v) is 4.06. The standard InChI is InChI=1S/C10H14O3/c1-5-8(11)6(2)10(13-4)7(3)9(5)12/h11-12H,1-4H3. The van der Waals surface area contributed by atoms with Crippen molar-refractivity contribution in [1.82, 2.24) is 0 Å². The Labute approximate surface area is 77.6 Å². The third kappa shape index (κ3) is 1.30. The first kappa shape index (κ1) is 9.71. The van der Waals surface area contributed by atoms with Crippen LogP contribution in [0, 0.1) is 20.8 Å². The zero-order chi connectivity index (χ0) is 10.2. The average Bonchev–Trinajstić information content (AvgIpc) is 2.13. The van der Waals surface area contributed by atoms with Gasteiger partial charge in [0.15, 0.2) is 0 Å². The average molecular weight is 182 g/mol. The van der Waals surface area contributed by atoms with Gasteiger partial charge in [0.2, 0.25) is 0 Å². The molecule has 1 aromatic rings. The van der Waals surface area contributed by atoms with Gasteiger partial charge in [-0.15, -0.1) is 0 Å². The lowest BCUT2D eigenvalue weighted by atomic mass is 10.0. The predicted octanol–water partition coefficient (Wildman–Crippen LogP) is 2.03. The Morgan fingerprint density at radius 2 is 1.23 bits per heavy atom. The monoisotopic (exact) mass is 182 g/mol. The van der Waals surface area contributed by atoms with E-state index in [-0.39, 0.29) is 11.5 Å². The normalized spacial score (nSPS) is 10.2. The van der Waals surface area contributed by atoms with E-state index in [9.17, 15) is 10.2 Å². The van der Waals surface area contributed by atoms with Crippen LogP contribution in [0.1, 0.15) is 16.7 Å². The van der Waals surface area contributed by atoms with Gasteiger partial charge in [0, 0.05) is 16.7 Å². The molecule has 3 heteroatoms. The van der Waals surface area contributed by atoms with E-state index in [1.165, 1.54) is 7.11 Å². The van der Waals surface area contributed by atoms with E-state index in [4.69, 9.17) is 4.74 Å². The number of ether oxygens (including phenoxy) is 1. The summed E-state index contributed by atoms with van der Waals surface area (Å²) in [4.78, 5) is 0. The minimum absolute atomic E-state index is 0.0972. The minimum Gasteiger partial charge on any atom is -0.507 e. The van der Waals surface area contributed by atoms with Crippen molar-refractivity contribution < 1.29 is 14.9 Å². The number of benzene rings is 1. The van der Waals surface area contributed by atoms with Crippen molar-refractivity contribution in [2.24, 2.45) is 0 Å². The van der Waals surface area contributed by atoms with Crippen molar-refractivity contribution >= 4 is 0 Å². The lowest BCUT2D eigenvalue weighted by Gasteiger charge is -2.14. The van der Waals surface area contributed by atoms with Gasteiger partial charge in [-0.05, 0) is 20.8 Å². The number of phenolic OH excluding ortho intramolecular Hbond substituents is 2. The van der Waals surface area contributed by atoms with Crippen LogP contribution in [0.2, 0.25) is 0 Å². The second-order valence-corrected chi connectivity index (χ2v) is 3.11. The van der Waals surface area contributed by atoms with Crippen LogP contribution < -0.4 is 4.74 Å². The van der Waals surface area contributed by atoms with Crippen LogP contribution in [0.4, 0.5) is 0 Å². The summed E-state index contributed by atoms with van der Waals surface area (Å²) < 4.78 is 5.07. The molecule has 0 amide bonds. The van der Waals surface area contributed by atoms with Crippen molar-refractivity contribution in [3.05, 3.63) is 16.7 Å². The van der Waals surface area contributed by atoms with Crippen molar-refractivity contribution in [3.8, 4) is 17.2 Å². The molecule has 0 fully saturated rings. The van der Waals surface area contributed by atoms with E-state index in [0.29, 0.717) is 22.4 Å². The number of rotatable bonds is 1. The summed E-state index contributed by atoms with van der Waals surface area (Å²) in [6, 6.07) is 0. The summed E-state index contributed by atoms with van der Waals surface area (Å²) in [5, 5.41) is 19.2. The molecule has 0 aliphatic rings. The summed E-state index contributed by atoms with van der Waals surface area (Å²) in [6.45, 7) is 5.19. The van der Waals surface area contributed by atoms with E-state index < -0.39 is 0 Å². The molecule has 0 atom stereocenters. The van der Waals surface area contributed by atoms with Crippen LogP contribution in [0.3, 0.4) is 0 Å². The Hall–Kier alpha value is -1.38. The fourth-order valence-corrected chi connectivity index (χ4v) is 1.48. The van der Waals surface area contributed by atoms with Crippen molar-refractivity contribution in [2.75, 3.05) is 7.11 Å². The van der Waals surface area contributed by atoms with Gasteiger partial charge in [0.05, 0.1) is 7.11 Å². The topological polar surface area (TPSA) is 49.7 Å². The van der Waals surface area contributed by atoms with E-state index in [2.05, 4.69) is 0 Å². The maximum atomic E-state index is 9.58. The maximum absolute atomic E-state index is 9.58. The molecule has 1 rings (SSSR count). The molecular formula is C10H14O3. The van der Waals surface area contributed by atoms with Crippen LogP contribution in [-0.4, -0.2) is 17.3 Å². The van der Waals surface area contributed by atoms with E-state index in [1.54, 1.807) is 20.8 Å². The molecule has 0 heterocycles. The Balaban J connectivity index is 3.56. The number of hydrogen-bond donors (Lipinski definition) is 2. The molecule has 1 aromatic carbocycles. The third-order valence-corrected chi connectivity index (χ3v) is 2.31. The molecular weight excluding hydrogens is 168 g/mol. The van der Waals surface area contributed by atoms with Crippen molar-refractivity contribution in [2.45, 2.75) is 20.8 Å². The molecule has 0 aliphatic heterocycles. The molecule has 72 valence electrons. The number of methoxy groups -OCH3 is 1. The molecule has 13 heavy (non-hydrogen) atoms. The van der Waals surface area contributed by atoms with Gasteiger partial charge < -0.3 is 14.9 Å². The Kier molecular flexibility index (Phi) is 2.36. The fourth-order valence-electron chi connectivity index (χ4n) is 1.48. The molecule has 0 saturated carbocycles. The van der Waals surface area contributed by atoms with E-state index >= 15 is 0 Å². The lowest BCUT2D eigenvalue weighted by Crippen LogP contribution is -1.94. The molecule has 0 saturated heterocycles. The summed E-state index contributed by atoms with van der Waals surface area (Å²) in [6.07, 6.45) is 0. The minimum atomic E-state index is 0.0972. The Bertz CT molecular complexity index is 314. The molecule has 2 N–H and O–H groups in total. The highest BCUT2D eigenvalue weighted by Crippen LogP contribution is 2.40. The SMILES string of the molecule is COc1c(C)c(O)c(C)c(O)c1C. The second kappa shape index (κ2) is 3.17. The largest absolute Gasteiger partial charge is 0.507 e. The molecule has 0 unspecified atom stereocenters. The van der Waals surface area contributed by atoms with Gasteiger partial charge in [0.25, 0.3) is 0 Å². The second-order valence-electron chi connectivity index (χ2n) is 3.11. The highest BCUT2D eigenvalue weighted by atomic mass is 16.5. The summed E-state index contributed by atoms with van der Waals surface area (Å²) >= 11 is 0. The highest BCUT2D eigenvalue weighted by Gasteiger charge is 2.15. The highest BCUT2D eigenvalue weighted by molar-refractivity contribution is 5.60. The summed E-state index contributed by atoms with van der Waals surface area (Å²) in [7, 11) is 1.52. The Morgan fingerprint density at radius 3 is 1.54 bits per heavy atom. The van der Waals surface area contributed by atoms with Gasteiger partial charge in [0.1, 0.15) is 17.2 Å². The van der Waals surface area contributed by atoms with Crippen LogP contribution in [0.15, 0.2) is 0 Å². The van der Waals surface area contributed by atoms with Crippen molar-refractivity contribution in [1.29, 1.82) is 0 Å². The maximum Gasteiger partial charge on any atom is 0.132 e. The number of aromatic hydroxyl groups is 2. The van der Waals surface area contributed by atoms with Crippen LogP contribution in [0.5, 0.6) is 17.2 Å². The fraction of sp³-hybridized carbons (Fsp3) is 0.400. The van der Waals surface area contributed by atoms with Gasteiger partial charge >= 0.3 is 0 Å². The van der Waals surface area contributed by atoms with Gasteiger partial charge in [-0.2, -0.15) is 0 Å². The Morgan fingerprint density at radius 1 is 0.846 bits per heavy atom. The molecule has 0 aromatic heterocycles. The van der Waals surface area contributed by atoms with Gasteiger partial charge in [-0.25, -0.2) is 0 Å². The molecule has 0 bridgehead atoms. The number of phenols is 2. The molecule has 0 radical (unpaired) electrons. The van der Waals surface area contributed by atoms with E-state index in [0.717, 1.165) is 0 Å². The van der Waals surface area contributed by atoms with Gasteiger partial charge in [-0.1, -0.05) is 0 Å². The molecule has 0 spiro atoms.